The van der Waals surface area contributed by atoms with E-state index in [9.17, 15) is 13.2 Å². The number of rotatable bonds is 4. The molecule has 0 unspecified atom stereocenters. The van der Waals surface area contributed by atoms with Gasteiger partial charge in [0.05, 0.1) is 16.9 Å². The summed E-state index contributed by atoms with van der Waals surface area (Å²) < 4.78 is 46.3. The van der Waals surface area contributed by atoms with Crippen LogP contribution in [0.25, 0.3) is 0 Å². The van der Waals surface area contributed by atoms with Crippen molar-refractivity contribution in [3.05, 3.63) is 47.5 Å². The van der Waals surface area contributed by atoms with Crippen LogP contribution < -0.4 is 15.0 Å². The fourth-order valence-corrected chi connectivity index (χ4v) is 3.91. The maximum atomic E-state index is 13.5. The van der Waals surface area contributed by atoms with Crippen LogP contribution in [0.5, 0.6) is 11.5 Å². The largest absolute Gasteiger partial charge is 0.453 e. The van der Waals surface area contributed by atoms with E-state index in [0.29, 0.717) is 23.7 Å². The van der Waals surface area contributed by atoms with Crippen molar-refractivity contribution in [1.29, 1.82) is 0 Å². The van der Waals surface area contributed by atoms with Crippen molar-refractivity contribution in [3.63, 3.8) is 0 Å². The average Bonchev–Trinajstić information content (AvgIpc) is 2.67. The number of nitrogens with one attached hydrogen (secondary N) is 1. The Morgan fingerprint density at radius 2 is 1.75 bits per heavy atom. The highest BCUT2D eigenvalue weighted by molar-refractivity contribution is 5.78. The molecule has 2 aromatic rings. The molecule has 7 heteroatoms. The molecule has 4 nitrogen and oxygen atoms in total. The summed E-state index contributed by atoms with van der Waals surface area (Å²) in [6.07, 6.45) is -3.52. The Balaban J connectivity index is 1.62. The third-order valence-electron chi connectivity index (χ3n) is 5.34. The summed E-state index contributed by atoms with van der Waals surface area (Å²) >= 11 is 0. The van der Waals surface area contributed by atoms with E-state index >= 15 is 0 Å². The predicted octanol–water partition coefficient (Wildman–Crippen LogP) is 4.55. The summed E-state index contributed by atoms with van der Waals surface area (Å²) in [7, 11) is 0. The zero-order valence-corrected chi connectivity index (χ0v) is 15.9. The molecule has 2 aliphatic rings. The van der Waals surface area contributed by atoms with Gasteiger partial charge in [-0.1, -0.05) is 12.1 Å². The molecule has 28 heavy (non-hydrogen) atoms. The van der Waals surface area contributed by atoms with Crippen LogP contribution in [-0.4, -0.2) is 44.2 Å². The van der Waals surface area contributed by atoms with Gasteiger partial charge in [-0.3, -0.25) is 0 Å². The number of aryl methyl sites for hydroxylation is 1. The number of piperazine rings is 1. The molecule has 1 N–H and O–H groups in total. The minimum Gasteiger partial charge on any atom is -0.453 e. The van der Waals surface area contributed by atoms with Crippen LogP contribution in [-0.2, 0) is 6.18 Å². The zero-order valence-electron chi connectivity index (χ0n) is 15.9. The first-order chi connectivity index (χ1) is 13.4. The number of halogens is 3. The molecule has 0 aliphatic carbocycles. The summed E-state index contributed by atoms with van der Waals surface area (Å²) in [6, 6.07) is 10.2. The standard InChI is InChI=1S/C21H24F3N3O/c1-15-13-20-18(14-16(15)21(22,23)24)27(17-5-2-3-6-19(17)28-20)10-4-9-26-11-7-25-8-12-26/h2-3,5-6,13-14,25H,4,7-12H2,1H3. The summed E-state index contributed by atoms with van der Waals surface area (Å²) in [6.45, 7) is 7.02. The number of para-hydroxylation sites is 2. The Hall–Kier alpha value is -2.25. The quantitative estimate of drug-likeness (QED) is 0.827. The van der Waals surface area contributed by atoms with Crippen LogP contribution >= 0.6 is 0 Å². The maximum Gasteiger partial charge on any atom is 0.416 e. The van der Waals surface area contributed by atoms with Crippen LogP contribution in [0.2, 0.25) is 0 Å². The highest BCUT2D eigenvalue weighted by atomic mass is 19.4. The molecule has 0 atom stereocenters. The van der Waals surface area contributed by atoms with E-state index in [1.807, 2.05) is 29.2 Å². The first kappa shape index (κ1) is 19.1. The van der Waals surface area contributed by atoms with Crippen molar-refractivity contribution in [2.24, 2.45) is 0 Å². The average molecular weight is 391 g/mol. The fraction of sp³-hybridized carbons (Fsp3) is 0.429. The van der Waals surface area contributed by atoms with Gasteiger partial charge >= 0.3 is 6.18 Å². The normalized spacial score (nSPS) is 17.1. The highest BCUT2D eigenvalue weighted by Crippen LogP contribution is 2.49. The first-order valence-electron chi connectivity index (χ1n) is 9.63. The minimum absolute atomic E-state index is 0.173. The van der Waals surface area contributed by atoms with E-state index in [1.165, 1.54) is 19.1 Å². The summed E-state index contributed by atoms with van der Waals surface area (Å²) in [5, 5.41) is 3.33. The van der Waals surface area contributed by atoms with Crippen LogP contribution in [0.15, 0.2) is 36.4 Å². The molecule has 2 heterocycles. The van der Waals surface area contributed by atoms with E-state index in [2.05, 4.69) is 10.2 Å². The lowest BCUT2D eigenvalue weighted by atomic mass is 10.0. The molecule has 1 fully saturated rings. The van der Waals surface area contributed by atoms with Gasteiger partial charge in [-0.15, -0.1) is 0 Å². The topological polar surface area (TPSA) is 27.7 Å². The van der Waals surface area contributed by atoms with Gasteiger partial charge in [-0.05, 0) is 49.7 Å². The molecule has 0 aromatic heterocycles. The number of fused-ring (bicyclic) bond motifs is 2. The van der Waals surface area contributed by atoms with E-state index in [-0.39, 0.29) is 5.56 Å². The third kappa shape index (κ3) is 3.82. The Morgan fingerprint density at radius 3 is 2.50 bits per heavy atom. The number of hydrogen-bond donors (Lipinski definition) is 1. The number of benzene rings is 2. The molecular formula is C21H24F3N3O. The van der Waals surface area contributed by atoms with Gasteiger partial charge in [0.2, 0.25) is 0 Å². The second kappa shape index (κ2) is 7.64. The van der Waals surface area contributed by atoms with Gasteiger partial charge < -0.3 is 19.9 Å². The van der Waals surface area contributed by atoms with E-state index in [1.54, 1.807) is 0 Å². The fourth-order valence-electron chi connectivity index (χ4n) is 3.91. The lowest BCUT2D eigenvalue weighted by Crippen LogP contribution is -2.44. The van der Waals surface area contributed by atoms with Crippen LogP contribution in [0.4, 0.5) is 24.5 Å². The number of nitrogens with zero attached hydrogens (tertiary/aromatic N) is 2. The molecule has 150 valence electrons. The second-order valence-corrected chi connectivity index (χ2v) is 7.30. The Morgan fingerprint density at radius 1 is 1.00 bits per heavy atom. The minimum atomic E-state index is -4.39. The van der Waals surface area contributed by atoms with E-state index in [0.717, 1.165) is 44.8 Å². The molecule has 0 amide bonds. The maximum absolute atomic E-state index is 13.5. The molecule has 0 radical (unpaired) electrons. The highest BCUT2D eigenvalue weighted by Gasteiger charge is 2.35. The predicted molar refractivity (Wildman–Crippen MR) is 104 cm³/mol. The lowest BCUT2D eigenvalue weighted by Gasteiger charge is -2.34. The van der Waals surface area contributed by atoms with Crippen molar-refractivity contribution in [3.8, 4) is 11.5 Å². The van der Waals surface area contributed by atoms with Gasteiger partial charge in [0.25, 0.3) is 0 Å². The zero-order chi connectivity index (χ0) is 19.7. The molecule has 0 saturated carbocycles. The van der Waals surface area contributed by atoms with Crippen LogP contribution in [0.3, 0.4) is 0 Å². The molecule has 4 rings (SSSR count). The molecular weight excluding hydrogens is 367 g/mol. The Labute approximate surface area is 162 Å². The molecule has 0 bridgehead atoms. The summed E-state index contributed by atoms with van der Waals surface area (Å²) in [5.41, 5.74) is 0.858. The monoisotopic (exact) mass is 391 g/mol. The van der Waals surface area contributed by atoms with Crippen LogP contribution in [0.1, 0.15) is 17.5 Å². The Bertz CT molecular complexity index is 847. The van der Waals surface area contributed by atoms with Crippen LogP contribution in [0, 0.1) is 6.92 Å². The second-order valence-electron chi connectivity index (χ2n) is 7.30. The lowest BCUT2D eigenvalue weighted by molar-refractivity contribution is -0.138. The summed E-state index contributed by atoms with van der Waals surface area (Å²) in [5.74, 6) is 1.16. The van der Waals surface area contributed by atoms with Crippen molar-refractivity contribution in [2.45, 2.75) is 19.5 Å². The molecule has 0 spiro atoms. The van der Waals surface area contributed by atoms with Crippen molar-refractivity contribution in [1.82, 2.24) is 10.2 Å². The first-order valence-corrected chi connectivity index (χ1v) is 9.63. The van der Waals surface area contributed by atoms with E-state index < -0.39 is 11.7 Å². The SMILES string of the molecule is Cc1cc2c(cc1C(F)(F)F)N(CCCN1CCNCC1)c1ccccc1O2. The van der Waals surface area contributed by atoms with Gasteiger partial charge in [-0.2, -0.15) is 13.2 Å². The molecule has 2 aromatic carbocycles. The van der Waals surface area contributed by atoms with Crippen molar-refractivity contribution >= 4 is 11.4 Å². The van der Waals surface area contributed by atoms with Gasteiger partial charge in [0, 0.05) is 32.7 Å². The van der Waals surface area contributed by atoms with Gasteiger partial charge in [0.1, 0.15) is 0 Å². The summed E-state index contributed by atoms with van der Waals surface area (Å²) in [4.78, 5) is 4.35. The third-order valence-corrected chi connectivity index (χ3v) is 5.34. The Kier molecular flexibility index (Phi) is 5.21. The van der Waals surface area contributed by atoms with Gasteiger partial charge in [-0.25, -0.2) is 0 Å². The smallest absolute Gasteiger partial charge is 0.416 e. The van der Waals surface area contributed by atoms with E-state index in [4.69, 9.17) is 4.74 Å². The number of anilines is 2. The molecule has 1 saturated heterocycles. The van der Waals surface area contributed by atoms with Crippen molar-refractivity contribution in [2.75, 3.05) is 44.2 Å². The van der Waals surface area contributed by atoms with Crippen molar-refractivity contribution < 1.29 is 17.9 Å². The number of hydrogen-bond acceptors (Lipinski definition) is 4. The van der Waals surface area contributed by atoms with Gasteiger partial charge in [0.15, 0.2) is 11.5 Å². The number of alkyl halides is 3. The number of ether oxygens (including phenoxy) is 1. The molecule has 2 aliphatic heterocycles.